The maximum atomic E-state index is 10.7. The SMILES string of the molecule is CCC(C)(CO)Nc1ccnc(C(=O)O)c1. The highest BCUT2D eigenvalue weighted by Crippen LogP contribution is 2.18. The molecule has 1 aromatic heterocycles. The molecule has 0 bridgehead atoms. The lowest BCUT2D eigenvalue weighted by Crippen LogP contribution is -2.38. The van der Waals surface area contributed by atoms with Crippen molar-refractivity contribution < 1.29 is 15.0 Å². The molecular formula is C11H16N2O3. The zero-order valence-corrected chi connectivity index (χ0v) is 9.40. The van der Waals surface area contributed by atoms with E-state index < -0.39 is 11.5 Å². The van der Waals surface area contributed by atoms with Crippen LogP contribution < -0.4 is 5.32 Å². The van der Waals surface area contributed by atoms with Gasteiger partial charge in [0.15, 0.2) is 0 Å². The smallest absolute Gasteiger partial charge is 0.354 e. The van der Waals surface area contributed by atoms with Crippen molar-refractivity contribution in [3.05, 3.63) is 24.0 Å². The van der Waals surface area contributed by atoms with Gasteiger partial charge in [0.25, 0.3) is 0 Å². The van der Waals surface area contributed by atoms with E-state index in [2.05, 4.69) is 10.3 Å². The van der Waals surface area contributed by atoms with Crippen LogP contribution in [0.25, 0.3) is 0 Å². The minimum absolute atomic E-state index is 0.0126. The summed E-state index contributed by atoms with van der Waals surface area (Å²) in [6.07, 6.45) is 2.16. The topological polar surface area (TPSA) is 82.5 Å². The second kappa shape index (κ2) is 4.94. The Morgan fingerprint density at radius 3 is 2.81 bits per heavy atom. The maximum absolute atomic E-state index is 10.7. The highest BCUT2D eigenvalue weighted by molar-refractivity contribution is 5.86. The summed E-state index contributed by atoms with van der Waals surface area (Å²) in [5.74, 6) is -1.06. The number of hydrogen-bond acceptors (Lipinski definition) is 4. The molecule has 5 nitrogen and oxygen atoms in total. The van der Waals surface area contributed by atoms with E-state index >= 15 is 0 Å². The number of nitrogens with zero attached hydrogens (tertiary/aromatic N) is 1. The Kier molecular flexibility index (Phi) is 3.84. The van der Waals surface area contributed by atoms with E-state index in [1.165, 1.54) is 12.3 Å². The van der Waals surface area contributed by atoms with Gasteiger partial charge in [-0.25, -0.2) is 9.78 Å². The minimum atomic E-state index is -1.06. The number of carbonyl (C=O) groups is 1. The molecule has 0 amide bonds. The van der Waals surface area contributed by atoms with Gasteiger partial charge in [-0.15, -0.1) is 0 Å². The van der Waals surface area contributed by atoms with Crippen molar-refractivity contribution in [1.82, 2.24) is 4.98 Å². The van der Waals surface area contributed by atoms with E-state index in [1.807, 2.05) is 13.8 Å². The van der Waals surface area contributed by atoms with Gasteiger partial charge in [-0.2, -0.15) is 0 Å². The highest BCUT2D eigenvalue weighted by atomic mass is 16.4. The molecule has 1 unspecified atom stereocenters. The zero-order chi connectivity index (χ0) is 12.2. The van der Waals surface area contributed by atoms with E-state index in [-0.39, 0.29) is 12.3 Å². The summed E-state index contributed by atoms with van der Waals surface area (Å²) in [7, 11) is 0. The van der Waals surface area contributed by atoms with E-state index in [9.17, 15) is 9.90 Å². The molecule has 5 heteroatoms. The van der Waals surface area contributed by atoms with Crippen LogP contribution >= 0.6 is 0 Å². The molecule has 0 aliphatic rings. The molecule has 88 valence electrons. The molecule has 0 fully saturated rings. The Bertz CT molecular complexity index is 375. The molecule has 0 saturated carbocycles. The second-order valence-corrected chi connectivity index (χ2v) is 3.93. The van der Waals surface area contributed by atoms with Crippen LogP contribution in [0.15, 0.2) is 18.3 Å². The summed E-state index contributed by atoms with van der Waals surface area (Å²) in [6.45, 7) is 3.80. The van der Waals surface area contributed by atoms with Crippen LogP contribution in [0.4, 0.5) is 5.69 Å². The number of rotatable bonds is 5. The molecule has 1 atom stereocenters. The molecule has 1 aromatic rings. The lowest BCUT2D eigenvalue weighted by Gasteiger charge is -2.28. The standard InChI is InChI=1S/C11H16N2O3/c1-3-11(2,7-14)13-8-4-5-12-9(6-8)10(15)16/h4-6,14H,3,7H2,1-2H3,(H,12,13)(H,15,16). The predicted molar refractivity (Wildman–Crippen MR) is 60.6 cm³/mol. The first-order valence-corrected chi connectivity index (χ1v) is 5.09. The zero-order valence-electron chi connectivity index (χ0n) is 9.40. The Balaban J connectivity index is 2.89. The Morgan fingerprint density at radius 1 is 1.62 bits per heavy atom. The minimum Gasteiger partial charge on any atom is -0.477 e. The van der Waals surface area contributed by atoms with Crippen molar-refractivity contribution in [3.8, 4) is 0 Å². The maximum Gasteiger partial charge on any atom is 0.354 e. The van der Waals surface area contributed by atoms with Crippen LogP contribution in [-0.2, 0) is 0 Å². The lowest BCUT2D eigenvalue weighted by molar-refractivity contribution is 0.0690. The first-order valence-electron chi connectivity index (χ1n) is 5.09. The van der Waals surface area contributed by atoms with Crippen molar-refractivity contribution in [2.24, 2.45) is 0 Å². The number of aliphatic hydroxyl groups is 1. The van der Waals surface area contributed by atoms with Gasteiger partial charge < -0.3 is 15.5 Å². The van der Waals surface area contributed by atoms with Crippen LogP contribution in [0.5, 0.6) is 0 Å². The molecule has 0 aliphatic heterocycles. The van der Waals surface area contributed by atoms with Gasteiger partial charge in [-0.3, -0.25) is 0 Å². The molecule has 1 heterocycles. The summed E-state index contributed by atoms with van der Waals surface area (Å²) in [4.78, 5) is 14.4. The normalized spacial score (nSPS) is 14.2. The fourth-order valence-corrected chi connectivity index (χ4v) is 1.21. The van der Waals surface area contributed by atoms with E-state index in [0.717, 1.165) is 6.42 Å². The average Bonchev–Trinajstić information content (AvgIpc) is 2.29. The molecule has 0 radical (unpaired) electrons. The lowest BCUT2D eigenvalue weighted by atomic mass is 10.00. The van der Waals surface area contributed by atoms with Gasteiger partial charge >= 0.3 is 5.97 Å². The summed E-state index contributed by atoms with van der Waals surface area (Å²) in [6, 6.07) is 3.13. The van der Waals surface area contributed by atoms with E-state index in [4.69, 9.17) is 5.11 Å². The third-order valence-corrected chi connectivity index (χ3v) is 2.55. The first kappa shape index (κ1) is 12.4. The number of aliphatic hydroxyl groups excluding tert-OH is 1. The summed E-state index contributed by atoms with van der Waals surface area (Å²) in [5.41, 5.74) is 0.184. The number of pyridine rings is 1. The third-order valence-electron chi connectivity index (χ3n) is 2.55. The van der Waals surface area contributed by atoms with Crippen molar-refractivity contribution in [2.45, 2.75) is 25.8 Å². The van der Waals surface area contributed by atoms with Gasteiger partial charge in [0.1, 0.15) is 5.69 Å². The fourth-order valence-electron chi connectivity index (χ4n) is 1.21. The Hall–Kier alpha value is -1.62. The van der Waals surface area contributed by atoms with Crippen LogP contribution in [0, 0.1) is 0 Å². The van der Waals surface area contributed by atoms with Gasteiger partial charge in [0.2, 0.25) is 0 Å². The van der Waals surface area contributed by atoms with Gasteiger partial charge in [-0.1, -0.05) is 6.92 Å². The summed E-state index contributed by atoms with van der Waals surface area (Å²) in [5, 5.41) is 21.1. The van der Waals surface area contributed by atoms with Crippen molar-refractivity contribution in [2.75, 3.05) is 11.9 Å². The summed E-state index contributed by atoms with van der Waals surface area (Å²) >= 11 is 0. The molecule has 0 saturated heterocycles. The van der Waals surface area contributed by atoms with E-state index in [0.29, 0.717) is 5.69 Å². The quantitative estimate of drug-likeness (QED) is 0.703. The Labute approximate surface area is 94.1 Å². The van der Waals surface area contributed by atoms with Crippen molar-refractivity contribution in [1.29, 1.82) is 0 Å². The second-order valence-electron chi connectivity index (χ2n) is 3.93. The molecule has 1 rings (SSSR count). The van der Waals surface area contributed by atoms with Crippen LogP contribution in [0.2, 0.25) is 0 Å². The van der Waals surface area contributed by atoms with Gasteiger partial charge in [-0.05, 0) is 25.5 Å². The highest BCUT2D eigenvalue weighted by Gasteiger charge is 2.20. The monoisotopic (exact) mass is 224 g/mol. The van der Waals surface area contributed by atoms with Crippen LogP contribution in [-0.4, -0.2) is 33.3 Å². The number of aromatic carboxylic acids is 1. The number of anilines is 1. The Morgan fingerprint density at radius 2 is 2.31 bits per heavy atom. The molecule has 0 spiro atoms. The predicted octanol–water partition coefficient (Wildman–Crippen LogP) is 1.35. The number of nitrogens with one attached hydrogen (secondary N) is 1. The molecule has 0 aliphatic carbocycles. The van der Waals surface area contributed by atoms with Gasteiger partial charge in [0, 0.05) is 11.9 Å². The average molecular weight is 224 g/mol. The number of hydrogen-bond donors (Lipinski definition) is 3. The fraction of sp³-hybridized carbons (Fsp3) is 0.455. The van der Waals surface area contributed by atoms with E-state index in [1.54, 1.807) is 6.07 Å². The largest absolute Gasteiger partial charge is 0.477 e. The number of carboxylic acid groups (broad SMARTS) is 1. The third kappa shape index (κ3) is 2.93. The number of carboxylic acids is 1. The van der Waals surface area contributed by atoms with Crippen molar-refractivity contribution in [3.63, 3.8) is 0 Å². The van der Waals surface area contributed by atoms with Crippen LogP contribution in [0.1, 0.15) is 30.8 Å². The van der Waals surface area contributed by atoms with Crippen molar-refractivity contribution >= 4 is 11.7 Å². The number of aromatic nitrogens is 1. The molecule has 3 N–H and O–H groups in total. The van der Waals surface area contributed by atoms with Crippen LogP contribution in [0.3, 0.4) is 0 Å². The summed E-state index contributed by atoms with van der Waals surface area (Å²) < 4.78 is 0. The molecular weight excluding hydrogens is 208 g/mol. The molecule has 16 heavy (non-hydrogen) atoms. The molecule has 0 aromatic carbocycles. The first-order chi connectivity index (χ1) is 7.50. The van der Waals surface area contributed by atoms with Gasteiger partial charge in [0.05, 0.1) is 12.1 Å².